The van der Waals surface area contributed by atoms with E-state index < -0.39 is 0 Å². The number of amides is 1. The van der Waals surface area contributed by atoms with Gasteiger partial charge < -0.3 is 19.4 Å². The molecule has 132 valence electrons. The van der Waals surface area contributed by atoms with Crippen LogP contribution < -0.4 is 9.80 Å². The van der Waals surface area contributed by atoms with E-state index in [0.717, 1.165) is 50.4 Å². The lowest BCUT2D eigenvalue weighted by atomic mass is 9.82. The standard InChI is InChI=1S/C18H28N4O2/c1-4-5-10-24-18(23)21-9-7-14-12-22(16(14)13-21)17-11-15(20(2)3)6-8-19-17/h6,8,11,14,16H,4-5,7,9-10,12-13H2,1-3H3. The summed E-state index contributed by atoms with van der Waals surface area (Å²) in [6.07, 6.45) is 4.72. The van der Waals surface area contributed by atoms with E-state index in [1.54, 1.807) is 0 Å². The van der Waals surface area contributed by atoms with Crippen LogP contribution in [0.25, 0.3) is 0 Å². The Morgan fingerprint density at radius 2 is 2.25 bits per heavy atom. The highest BCUT2D eigenvalue weighted by molar-refractivity contribution is 5.68. The van der Waals surface area contributed by atoms with Crippen molar-refractivity contribution in [2.24, 2.45) is 5.92 Å². The van der Waals surface area contributed by atoms with Gasteiger partial charge in [0.15, 0.2) is 0 Å². The molecule has 6 nitrogen and oxygen atoms in total. The first kappa shape index (κ1) is 16.9. The molecule has 0 saturated carbocycles. The minimum Gasteiger partial charge on any atom is -0.449 e. The number of piperidine rings is 1. The summed E-state index contributed by atoms with van der Waals surface area (Å²) < 4.78 is 5.37. The van der Waals surface area contributed by atoms with Gasteiger partial charge in [-0.15, -0.1) is 0 Å². The molecule has 2 aliphatic rings. The van der Waals surface area contributed by atoms with Crippen molar-refractivity contribution in [3.63, 3.8) is 0 Å². The van der Waals surface area contributed by atoms with Crippen molar-refractivity contribution in [3.8, 4) is 0 Å². The average Bonchev–Trinajstić information content (AvgIpc) is 2.56. The molecule has 1 amide bonds. The molecule has 1 aromatic heterocycles. The summed E-state index contributed by atoms with van der Waals surface area (Å²) >= 11 is 0. The van der Waals surface area contributed by atoms with Crippen molar-refractivity contribution in [1.29, 1.82) is 0 Å². The number of aromatic nitrogens is 1. The third kappa shape index (κ3) is 3.42. The lowest BCUT2D eigenvalue weighted by Crippen LogP contribution is -2.65. The van der Waals surface area contributed by atoms with Crippen LogP contribution in [0.15, 0.2) is 18.3 Å². The Bertz CT molecular complexity index is 578. The molecule has 3 heterocycles. The van der Waals surface area contributed by atoms with Gasteiger partial charge in [0, 0.05) is 57.6 Å². The van der Waals surface area contributed by atoms with Crippen LogP contribution in [0, 0.1) is 5.92 Å². The summed E-state index contributed by atoms with van der Waals surface area (Å²) in [6.45, 7) is 5.21. The number of ether oxygens (including phenoxy) is 1. The van der Waals surface area contributed by atoms with Crippen LogP contribution in [0.3, 0.4) is 0 Å². The highest BCUT2D eigenvalue weighted by Crippen LogP contribution is 2.36. The number of likely N-dealkylation sites (tertiary alicyclic amines) is 1. The van der Waals surface area contributed by atoms with E-state index in [-0.39, 0.29) is 6.09 Å². The van der Waals surface area contributed by atoms with Crippen molar-refractivity contribution in [1.82, 2.24) is 9.88 Å². The third-order valence-corrected chi connectivity index (χ3v) is 5.07. The predicted molar refractivity (Wildman–Crippen MR) is 95.6 cm³/mol. The zero-order valence-corrected chi connectivity index (χ0v) is 14.9. The van der Waals surface area contributed by atoms with Gasteiger partial charge in [0.05, 0.1) is 12.6 Å². The normalized spacial score (nSPS) is 22.6. The average molecular weight is 332 g/mol. The highest BCUT2D eigenvalue weighted by atomic mass is 16.6. The van der Waals surface area contributed by atoms with Crippen LogP contribution >= 0.6 is 0 Å². The van der Waals surface area contributed by atoms with Crippen LogP contribution in [-0.4, -0.2) is 62.4 Å². The SMILES string of the molecule is CCCCOC(=O)N1CCC2CN(c3cc(N(C)C)ccn3)C2C1. The Balaban J connectivity index is 1.62. The molecule has 24 heavy (non-hydrogen) atoms. The number of fused-ring (bicyclic) bond motifs is 1. The molecule has 2 aliphatic heterocycles. The summed E-state index contributed by atoms with van der Waals surface area (Å²) in [7, 11) is 4.07. The Morgan fingerprint density at radius 1 is 1.42 bits per heavy atom. The number of carbonyl (C=O) groups excluding carboxylic acids is 1. The van der Waals surface area contributed by atoms with Gasteiger partial charge >= 0.3 is 6.09 Å². The summed E-state index contributed by atoms with van der Waals surface area (Å²) in [5.41, 5.74) is 1.15. The fraction of sp³-hybridized carbons (Fsp3) is 0.667. The summed E-state index contributed by atoms with van der Waals surface area (Å²) in [5.74, 6) is 1.66. The maximum absolute atomic E-state index is 12.2. The molecule has 2 unspecified atom stereocenters. The molecule has 0 bridgehead atoms. The van der Waals surface area contributed by atoms with Crippen LogP contribution in [0.1, 0.15) is 26.2 Å². The van der Waals surface area contributed by atoms with Gasteiger partial charge in [-0.05, 0) is 18.9 Å². The molecule has 6 heteroatoms. The molecule has 0 N–H and O–H groups in total. The molecule has 2 saturated heterocycles. The molecule has 2 atom stereocenters. The van der Waals surface area contributed by atoms with Gasteiger partial charge in [-0.3, -0.25) is 0 Å². The summed E-state index contributed by atoms with van der Waals surface area (Å²) in [6, 6.07) is 4.50. The number of carbonyl (C=O) groups is 1. The minimum atomic E-state index is -0.163. The van der Waals surface area contributed by atoms with Crippen LogP contribution in [0.5, 0.6) is 0 Å². The second-order valence-corrected chi connectivity index (χ2v) is 6.95. The first-order chi connectivity index (χ1) is 11.6. The first-order valence-electron chi connectivity index (χ1n) is 8.92. The van der Waals surface area contributed by atoms with Crippen LogP contribution in [0.2, 0.25) is 0 Å². The maximum Gasteiger partial charge on any atom is 0.409 e. The van der Waals surface area contributed by atoms with E-state index in [0.29, 0.717) is 18.6 Å². The van der Waals surface area contributed by atoms with Gasteiger partial charge in [0.2, 0.25) is 0 Å². The molecule has 1 aromatic rings. The quantitative estimate of drug-likeness (QED) is 0.776. The summed E-state index contributed by atoms with van der Waals surface area (Å²) in [4.78, 5) is 23.0. The van der Waals surface area contributed by atoms with E-state index in [4.69, 9.17) is 4.74 Å². The zero-order chi connectivity index (χ0) is 17.1. The van der Waals surface area contributed by atoms with Crippen LogP contribution in [-0.2, 0) is 4.74 Å². The smallest absolute Gasteiger partial charge is 0.409 e. The second kappa shape index (κ2) is 7.28. The lowest BCUT2D eigenvalue weighted by Gasteiger charge is -2.53. The van der Waals surface area contributed by atoms with E-state index >= 15 is 0 Å². The largest absolute Gasteiger partial charge is 0.449 e. The van der Waals surface area contributed by atoms with Gasteiger partial charge in [0.1, 0.15) is 5.82 Å². The van der Waals surface area contributed by atoms with Crippen molar-refractivity contribution in [3.05, 3.63) is 18.3 Å². The molecule has 2 fully saturated rings. The topological polar surface area (TPSA) is 48.9 Å². The molecule has 0 spiro atoms. The number of nitrogens with zero attached hydrogens (tertiary/aromatic N) is 4. The number of pyridine rings is 1. The Morgan fingerprint density at radius 3 is 3.00 bits per heavy atom. The van der Waals surface area contributed by atoms with Crippen LogP contribution in [0.4, 0.5) is 16.3 Å². The molecule has 3 rings (SSSR count). The molecule has 0 aliphatic carbocycles. The van der Waals surface area contributed by atoms with Gasteiger partial charge in [-0.25, -0.2) is 9.78 Å². The number of unbranched alkanes of at least 4 members (excludes halogenated alkanes) is 1. The minimum absolute atomic E-state index is 0.163. The summed E-state index contributed by atoms with van der Waals surface area (Å²) in [5, 5.41) is 0. The van der Waals surface area contributed by atoms with E-state index in [9.17, 15) is 4.79 Å². The van der Waals surface area contributed by atoms with E-state index in [1.165, 1.54) is 0 Å². The number of rotatable bonds is 5. The van der Waals surface area contributed by atoms with Gasteiger partial charge in [0.25, 0.3) is 0 Å². The van der Waals surface area contributed by atoms with Crippen molar-refractivity contribution >= 4 is 17.6 Å². The fourth-order valence-electron chi connectivity index (χ4n) is 3.46. The van der Waals surface area contributed by atoms with Crippen molar-refractivity contribution in [2.75, 3.05) is 50.1 Å². The Labute approximate surface area is 144 Å². The lowest BCUT2D eigenvalue weighted by molar-refractivity contribution is 0.0672. The number of anilines is 2. The van der Waals surface area contributed by atoms with Gasteiger partial charge in [-0.2, -0.15) is 0 Å². The molecular formula is C18H28N4O2. The third-order valence-electron chi connectivity index (χ3n) is 5.07. The zero-order valence-electron chi connectivity index (χ0n) is 14.9. The highest BCUT2D eigenvalue weighted by Gasteiger charge is 2.44. The fourth-order valence-corrected chi connectivity index (χ4v) is 3.46. The Hall–Kier alpha value is -1.98. The second-order valence-electron chi connectivity index (χ2n) is 6.95. The van der Waals surface area contributed by atoms with E-state index in [2.05, 4.69) is 27.8 Å². The van der Waals surface area contributed by atoms with Gasteiger partial charge in [-0.1, -0.05) is 13.3 Å². The predicted octanol–water partition coefficient (Wildman–Crippen LogP) is 2.59. The number of hydrogen-bond donors (Lipinski definition) is 0. The monoisotopic (exact) mass is 332 g/mol. The number of hydrogen-bond acceptors (Lipinski definition) is 5. The molecule has 0 radical (unpaired) electrons. The van der Waals surface area contributed by atoms with E-state index in [1.807, 2.05) is 31.3 Å². The first-order valence-corrected chi connectivity index (χ1v) is 8.92. The van der Waals surface area contributed by atoms with Crippen molar-refractivity contribution < 1.29 is 9.53 Å². The maximum atomic E-state index is 12.2. The molecule has 0 aromatic carbocycles. The van der Waals surface area contributed by atoms with Crippen molar-refractivity contribution in [2.45, 2.75) is 32.2 Å². The Kier molecular flexibility index (Phi) is 5.11. The molecular weight excluding hydrogens is 304 g/mol.